The van der Waals surface area contributed by atoms with Gasteiger partial charge in [0, 0.05) is 27.5 Å². The van der Waals surface area contributed by atoms with Crippen LogP contribution in [0, 0.1) is 28.6 Å². The van der Waals surface area contributed by atoms with Gasteiger partial charge in [-0.1, -0.05) is 82.7 Å². The molecule has 4 saturated carbocycles. The maximum absolute atomic E-state index is 7.82. The molecular weight excluding hydrogens is 713 g/mol. The number of hydrogen-bond acceptors (Lipinski definition) is 4. The van der Waals surface area contributed by atoms with Crippen LogP contribution in [0.15, 0.2) is 91.0 Å². The van der Waals surface area contributed by atoms with Crippen LogP contribution in [-0.4, -0.2) is 21.3 Å². The van der Waals surface area contributed by atoms with Crippen molar-refractivity contribution in [2.24, 2.45) is 28.6 Å². The fourth-order valence-electron chi connectivity index (χ4n) is 14.8. The molecule has 0 amide bonds. The molecule has 1 aliphatic heterocycles. The second kappa shape index (κ2) is 12.4. The van der Waals surface area contributed by atoms with Crippen LogP contribution >= 0.6 is 0 Å². The van der Waals surface area contributed by atoms with Gasteiger partial charge in [0.05, 0.1) is 21.3 Å². The molecule has 0 N–H and O–H groups in total. The Morgan fingerprint density at radius 1 is 0.621 bits per heavy atom. The van der Waals surface area contributed by atoms with E-state index in [-0.39, 0.29) is 21.7 Å². The average molecular weight is 771 g/mol. The van der Waals surface area contributed by atoms with Crippen molar-refractivity contribution in [3.8, 4) is 34.1 Å². The Kier molecular flexibility index (Phi) is 7.79. The lowest BCUT2D eigenvalue weighted by molar-refractivity contribution is 0.0615. The zero-order chi connectivity index (χ0) is 39.8. The van der Waals surface area contributed by atoms with Gasteiger partial charge in [0.2, 0.25) is 0 Å². The summed E-state index contributed by atoms with van der Waals surface area (Å²) < 4.78 is 25.1. The van der Waals surface area contributed by atoms with Gasteiger partial charge in [0.15, 0.2) is 5.60 Å². The number of fused-ring (bicyclic) bond motifs is 12. The Balaban J connectivity index is 1.23. The van der Waals surface area contributed by atoms with Crippen molar-refractivity contribution < 1.29 is 18.9 Å². The molecule has 298 valence electrons. The second-order valence-corrected chi connectivity index (χ2v) is 20.7. The van der Waals surface area contributed by atoms with Gasteiger partial charge in [-0.25, -0.2) is 0 Å². The van der Waals surface area contributed by atoms with E-state index in [0.29, 0.717) is 0 Å². The fourth-order valence-corrected chi connectivity index (χ4v) is 14.8. The zero-order valence-electron chi connectivity index (χ0n) is 35.5. The minimum Gasteiger partial charge on any atom is -0.497 e. The first-order valence-corrected chi connectivity index (χ1v) is 21.9. The molecule has 3 bridgehead atoms. The lowest BCUT2D eigenvalue weighted by Crippen LogP contribution is -2.47. The van der Waals surface area contributed by atoms with Crippen LogP contribution in [0.3, 0.4) is 0 Å². The minimum absolute atomic E-state index is 0.145. The SMILES string of the molecule is COc1ccc(C2(c3ccc(OC)cc3)C=Cc3c4c(c5ccc(OC)cc5c3O2)-c2cccc(C35CC6CCC3CC(C6)C5)c2C42CC(C)(C)CC(C)(C)C2)cc1. The minimum atomic E-state index is -0.899. The number of benzene rings is 5. The van der Waals surface area contributed by atoms with Crippen LogP contribution in [0.2, 0.25) is 0 Å². The highest BCUT2D eigenvalue weighted by Gasteiger charge is 2.61. The topological polar surface area (TPSA) is 36.9 Å². The molecule has 4 unspecified atom stereocenters. The lowest BCUT2D eigenvalue weighted by Gasteiger charge is -2.54. The average Bonchev–Trinajstić information content (AvgIpc) is 3.57. The molecule has 0 aromatic heterocycles. The van der Waals surface area contributed by atoms with Crippen LogP contribution in [0.1, 0.15) is 119 Å². The number of ether oxygens (including phenoxy) is 4. The molecule has 4 atom stereocenters. The highest BCUT2D eigenvalue weighted by atomic mass is 16.5. The van der Waals surface area contributed by atoms with Gasteiger partial charge >= 0.3 is 0 Å². The molecule has 11 rings (SSSR count). The third-order valence-electron chi connectivity index (χ3n) is 15.9. The highest BCUT2D eigenvalue weighted by molar-refractivity contribution is 6.09. The first-order chi connectivity index (χ1) is 27.9. The maximum atomic E-state index is 7.82. The Bertz CT molecular complexity index is 2440. The van der Waals surface area contributed by atoms with Gasteiger partial charge in [0.1, 0.15) is 23.0 Å². The van der Waals surface area contributed by atoms with Crippen molar-refractivity contribution in [2.75, 3.05) is 21.3 Å². The van der Waals surface area contributed by atoms with Gasteiger partial charge in [0.25, 0.3) is 0 Å². The van der Waals surface area contributed by atoms with Crippen molar-refractivity contribution >= 4 is 16.8 Å². The highest BCUT2D eigenvalue weighted by Crippen LogP contribution is 2.71. The summed E-state index contributed by atoms with van der Waals surface area (Å²) in [4.78, 5) is 0. The molecule has 5 aromatic carbocycles. The Morgan fingerprint density at radius 2 is 1.26 bits per heavy atom. The molecule has 0 radical (unpaired) electrons. The Hall–Kier alpha value is -4.70. The van der Waals surface area contributed by atoms with E-state index < -0.39 is 5.60 Å². The lowest BCUT2D eigenvalue weighted by atomic mass is 9.49. The fraction of sp³-hybridized carbons (Fsp3) is 0.444. The summed E-state index contributed by atoms with van der Waals surface area (Å²) in [6, 6.07) is 31.0. The molecular formula is C54H58O4. The van der Waals surface area contributed by atoms with Gasteiger partial charge in [-0.05, 0) is 167 Å². The summed E-state index contributed by atoms with van der Waals surface area (Å²) in [5, 5.41) is 2.36. The molecule has 4 fully saturated rings. The quantitative estimate of drug-likeness (QED) is 0.172. The summed E-state index contributed by atoms with van der Waals surface area (Å²) in [5.41, 5.74) is 10.6. The molecule has 0 saturated heterocycles. The summed E-state index contributed by atoms with van der Waals surface area (Å²) in [6.45, 7) is 10.2. The van der Waals surface area contributed by atoms with Crippen LogP contribution in [0.4, 0.5) is 0 Å². The molecule has 4 nitrogen and oxygen atoms in total. The second-order valence-electron chi connectivity index (χ2n) is 20.7. The predicted octanol–water partition coefficient (Wildman–Crippen LogP) is 13.2. The van der Waals surface area contributed by atoms with Crippen molar-refractivity contribution in [3.63, 3.8) is 0 Å². The van der Waals surface area contributed by atoms with E-state index in [2.05, 4.69) is 101 Å². The summed E-state index contributed by atoms with van der Waals surface area (Å²) in [5.74, 6) is 5.95. The zero-order valence-corrected chi connectivity index (χ0v) is 35.5. The molecule has 5 aliphatic carbocycles. The van der Waals surface area contributed by atoms with E-state index in [4.69, 9.17) is 18.9 Å². The van der Waals surface area contributed by atoms with Crippen LogP contribution < -0.4 is 18.9 Å². The predicted molar refractivity (Wildman–Crippen MR) is 234 cm³/mol. The summed E-state index contributed by atoms with van der Waals surface area (Å²) in [7, 11) is 5.21. The van der Waals surface area contributed by atoms with E-state index in [1.54, 1.807) is 32.5 Å². The molecule has 6 aliphatic rings. The third-order valence-corrected chi connectivity index (χ3v) is 15.9. The maximum Gasteiger partial charge on any atom is 0.178 e. The van der Waals surface area contributed by atoms with E-state index in [9.17, 15) is 0 Å². The van der Waals surface area contributed by atoms with Crippen molar-refractivity contribution in [1.82, 2.24) is 0 Å². The van der Waals surface area contributed by atoms with Crippen molar-refractivity contribution in [2.45, 2.75) is 102 Å². The van der Waals surface area contributed by atoms with Crippen LogP contribution in [0.25, 0.3) is 28.0 Å². The normalized spacial score (nSPS) is 27.1. The third kappa shape index (κ3) is 5.05. The molecule has 1 spiro atoms. The standard InChI is InChI=1S/C54H58O4/c1-50(2)30-51(3,4)32-53(31-50)47-42(9-8-10-45(47)52-28-33-11-12-37(52)26-34(25-33)29-52)46-41-22-21-40(57-7)27-44(41)49-43(48(46)53)23-24-54(58-49,35-13-17-38(55-5)18-14-35)36-15-19-39(56-6)20-16-36/h8-10,13-24,27,33-34,37H,11-12,25-26,28-32H2,1-7H3. The summed E-state index contributed by atoms with van der Waals surface area (Å²) in [6.07, 6.45) is 16.7. The smallest absolute Gasteiger partial charge is 0.178 e. The van der Waals surface area contributed by atoms with Gasteiger partial charge in [-0.3, -0.25) is 0 Å². The first-order valence-electron chi connectivity index (χ1n) is 21.9. The first kappa shape index (κ1) is 36.4. The van der Waals surface area contributed by atoms with Gasteiger partial charge < -0.3 is 18.9 Å². The molecule has 4 heteroatoms. The van der Waals surface area contributed by atoms with E-state index >= 15 is 0 Å². The van der Waals surface area contributed by atoms with Crippen molar-refractivity contribution in [3.05, 3.63) is 124 Å². The van der Waals surface area contributed by atoms with Crippen LogP contribution in [-0.2, 0) is 16.4 Å². The van der Waals surface area contributed by atoms with Gasteiger partial charge in [-0.2, -0.15) is 0 Å². The van der Waals surface area contributed by atoms with Gasteiger partial charge in [-0.15, -0.1) is 0 Å². The Labute approximate surface area is 345 Å². The van der Waals surface area contributed by atoms with E-state index in [1.165, 1.54) is 72.6 Å². The van der Waals surface area contributed by atoms with E-state index in [1.807, 2.05) is 24.3 Å². The summed E-state index contributed by atoms with van der Waals surface area (Å²) >= 11 is 0. The van der Waals surface area contributed by atoms with Crippen molar-refractivity contribution in [1.29, 1.82) is 0 Å². The van der Waals surface area contributed by atoms with Crippen LogP contribution in [0.5, 0.6) is 23.0 Å². The number of methoxy groups -OCH3 is 3. The number of hydrogen-bond donors (Lipinski definition) is 0. The number of rotatable bonds is 6. The molecule has 1 heterocycles. The largest absolute Gasteiger partial charge is 0.497 e. The molecule has 5 aromatic rings. The molecule has 58 heavy (non-hydrogen) atoms. The monoisotopic (exact) mass is 770 g/mol. The Morgan fingerprint density at radius 3 is 1.91 bits per heavy atom. The van der Waals surface area contributed by atoms with E-state index in [0.717, 1.165) is 70.1 Å².